The second kappa shape index (κ2) is 5.94. The molecule has 3 heteroatoms. The summed E-state index contributed by atoms with van der Waals surface area (Å²) in [6.45, 7) is 2.27. The van der Waals surface area contributed by atoms with Crippen molar-refractivity contribution in [2.45, 2.75) is 12.7 Å². The van der Waals surface area contributed by atoms with E-state index in [2.05, 4.69) is 0 Å². The van der Waals surface area contributed by atoms with E-state index in [-0.39, 0.29) is 6.61 Å². The number of aliphatic hydroxyl groups is 1. The Kier molecular flexibility index (Phi) is 4.84. The second-order valence-electron chi connectivity index (χ2n) is 3.47. The minimum atomic E-state index is 0.243. The number of rotatable bonds is 5. The van der Waals surface area contributed by atoms with Gasteiger partial charge in [0.15, 0.2) is 0 Å². The molecule has 2 N–H and O–H groups in total. The van der Waals surface area contributed by atoms with Gasteiger partial charge in [0.25, 0.3) is 0 Å². The van der Waals surface area contributed by atoms with E-state index in [9.17, 15) is 5.11 Å². The highest BCUT2D eigenvalue weighted by Gasteiger charge is 2.00. The third kappa shape index (κ3) is 4.03. The van der Waals surface area contributed by atoms with Crippen molar-refractivity contribution in [1.29, 1.82) is 0 Å². The van der Waals surface area contributed by atoms with Crippen LogP contribution in [0.1, 0.15) is 12.5 Å². The fraction of sp³-hybridized carbons (Fsp3) is 0.455. The summed E-state index contributed by atoms with van der Waals surface area (Å²) in [7, 11) is 0. The summed E-state index contributed by atoms with van der Waals surface area (Å²) in [6, 6.07) is 7.29. The molecule has 0 saturated heterocycles. The average Bonchev–Trinajstić information content (AvgIpc) is 2.17. The standard InChI is InChI=1S/C11H16O2S/c1-9(6-12)7-14-8-10-3-2-4-11(13)5-10/h2-5,9,12-13H,6-8H2,1H3. The largest absolute Gasteiger partial charge is 0.508 e. The monoisotopic (exact) mass is 212 g/mol. The second-order valence-corrected chi connectivity index (χ2v) is 4.50. The van der Waals surface area contributed by atoms with Crippen LogP contribution in [0.15, 0.2) is 24.3 Å². The molecule has 0 saturated carbocycles. The maximum absolute atomic E-state index is 9.22. The molecule has 0 fully saturated rings. The molecule has 1 aromatic carbocycles. The molecule has 0 aromatic heterocycles. The first kappa shape index (κ1) is 11.4. The number of benzene rings is 1. The van der Waals surface area contributed by atoms with Gasteiger partial charge in [-0.3, -0.25) is 0 Å². The van der Waals surface area contributed by atoms with Crippen molar-refractivity contribution in [3.05, 3.63) is 29.8 Å². The molecule has 14 heavy (non-hydrogen) atoms. The Bertz CT molecular complexity index is 276. The number of phenols is 1. The summed E-state index contributed by atoms with van der Waals surface area (Å²) in [4.78, 5) is 0. The fourth-order valence-electron chi connectivity index (χ4n) is 1.08. The highest BCUT2D eigenvalue weighted by atomic mass is 32.2. The SMILES string of the molecule is CC(CO)CSCc1cccc(O)c1. The topological polar surface area (TPSA) is 40.5 Å². The first-order chi connectivity index (χ1) is 6.72. The highest BCUT2D eigenvalue weighted by Crippen LogP contribution is 2.18. The molecule has 0 aliphatic carbocycles. The van der Waals surface area contributed by atoms with Crippen LogP contribution >= 0.6 is 11.8 Å². The summed E-state index contributed by atoms with van der Waals surface area (Å²) in [5, 5.41) is 18.0. The molecule has 0 bridgehead atoms. The summed E-state index contributed by atoms with van der Waals surface area (Å²) >= 11 is 1.78. The zero-order valence-corrected chi connectivity index (χ0v) is 9.13. The van der Waals surface area contributed by atoms with Gasteiger partial charge >= 0.3 is 0 Å². The fourth-order valence-corrected chi connectivity index (χ4v) is 2.12. The molecule has 2 nitrogen and oxygen atoms in total. The van der Waals surface area contributed by atoms with E-state index in [1.807, 2.05) is 19.1 Å². The van der Waals surface area contributed by atoms with Crippen molar-refractivity contribution in [2.24, 2.45) is 5.92 Å². The summed E-state index contributed by atoms with van der Waals surface area (Å²) < 4.78 is 0. The van der Waals surface area contributed by atoms with E-state index < -0.39 is 0 Å². The molecule has 0 spiro atoms. The van der Waals surface area contributed by atoms with Crippen LogP contribution in [0, 0.1) is 5.92 Å². The molecule has 1 atom stereocenters. The van der Waals surface area contributed by atoms with Crippen molar-refractivity contribution in [2.75, 3.05) is 12.4 Å². The van der Waals surface area contributed by atoms with Crippen LogP contribution in [-0.2, 0) is 5.75 Å². The molecule has 0 amide bonds. The van der Waals surface area contributed by atoms with Gasteiger partial charge in [-0.1, -0.05) is 19.1 Å². The van der Waals surface area contributed by atoms with E-state index in [1.54, 1.807) is 23.9 Å². The Hall–Kier alpha value is -0.670. The lowest BCUT2D eigenvalue weighted by Gasteiger charge is -2.07. The van der Waals surface area contributed by atoms with Gasteiger partial charge < -0.3 is 10.2 Å². The summed E-state index contributed by atoms with van der Waals surface area (Å²) in [5.41, 5.74) is 1.13. The van der Waals surface area contributed by atoms with Gasteiger partial charge in [-0.2, -0.15) is 11.8 Å². The van der Waals surface area contributed by atoms with Crippen LogP contribution in [0.5, 0.6) is 5.75 Å². The van der Waals surface area contributed by atoms with Crippen LogP contribution in [0.3, 0.4) is 0 Å². The molecule has 78 valence electrons. The number of hydrogen-bond donors (Lipinski definition) is 2. The van der Waals surface area contributed by atoms with Crippen LogP contribution in [0.4, 0.5) is 0 Å². The van der Waals surface area contributed by atoms with Gasteiger partial charge in [-0.15, -0.1) is 0 Å². The lowest BCUT2D eigenvalue weighted by Crippen LogP contribution is -2.03. The Labute approximate surface area is 89.0 Å². The van der Waals surface area contributed by atoms with Crippen molar-refractivity contribution in [1.82, 2.24) is 0 Å². The summed E-state index contributed by atoms with van der Waals surface area (Å²) in [6.07, 6.45) is 0. The first-order valence-electron chi connectivity index (χ1n) is 4.69. The molecule has 1 aromatic rings. The van der Waals surface area contributed by atoms with Gasteiger partial charge in [0.05, 0.1) is 0 Å². The Morgan fingerprint density at radius 1 is 1.43 bits per heavy atom. The minimum absolute atomic E-state index is 0.243. The molecule has 1 rings (SSSR count). The number of thioether (sulfide) groups is 1. The third-order valence-corrected chi connectivity index (χ3v) is 3.24. The van der Waals surface area contributed by atoms with Crippen LogP contribution in [0.2, 0.25) is 0 Å². The molecule has 0 aliphatic heterocycles. The number of aliphatic hydroxyl groups excluding tert-OH is 1. The lowest BCUT2D eigenvalue weighted by atomic mass is 10.2. The van der Waals surface area contributed by atoms with E-state index in [1.165, 1.54) is 0 Å². The normalized spacial score (nSPS) is 12.7. The van der Waals surface area contributed by atoms with Gasteiger partial charge in [0.2, 0.25) is 0 Å². The average molecular weight is 212 g/mol. The zero-order chi connectivity index (χ0) is 10.4. The van der Waals surface area contributed by atoms with E-state index in [4.69, 9.17) is 5.11 Å². The molecule has 0 aliphatic rings. The third-order valence-electron chi connectivity index (χ3n) is 1.89. The predicted molar refractivity (Wildman–Crippen MR) is 60.5 cm³/mol. The van der Waals surface area contributed by atoms with Crippen molar-refractivity contribution in [3.8, 4) is 5.75 Å². The van der Waals surface area contributed by atoms with E-state index in [0.29, 0.717) is 11.7 Å². The lowest BCUT2D eigenvalue weighted by molar-refractivity contribution is 0.250. The van der Waals surface area contributed by atoms with Gasteiger partial charge in [-0.05, 0) is 29.4 Å². The molecular formula is C11H16O2S. The van der Waals surface area contributed by atoms with Gasteiger partial charge in [0.1, 0.15) is 5.75 Å². The number of aromatic hydroxyl groups is 1. The Morgan fingerprint density at radius 2 is 2.21 bits per heavy atom. The van der Waals surface area contributed by atoms with Crippen molar-refractivity contribution >= 4 is 11.8 Å². The van der Waals surface area contributed by atoms with Crippen molar-refractivity contribution < 1.29 is 10.2 Å². The maximum atomic E-state index is 9.22. The molecule has 0 heterocycles. The van der Waals surface area contributed by atoms with Gasteiger partial charge in [0, 0.05) is 12.4 Å². The quantitative estimate of drug-likeness (QED) is 0.786. The minimum Gasteiger partial charge on any atom is -0.508 e. The predicted octanol–water partition coefficient (Wildman–Crippen LogP) is 2.25. The van der Waals surface area contributed by atoms with Crippen LogP contribution in [0.25, 0.3) is 0 Å². The smallest absolute Gasteiger partial charge is 0.115 e. The van der Waals surface area contributed by atoms with Crippen LogP contribution in [-0.4, -0.2) is 22.6 Å². The van der Waals surface area contributed by atoms with E-state index >= 15 is 0 Å². The van der Waals surface area contributed by atoms with Crippen LogP contribution < -0.4 is 0 Å². The zero-order valence-electron chi connectivity index (χ0n) is 8.31. The molecule has 0 radical (unpaired) electrons. The summed E-state index contributed by atoms with van der Waals surface area (Å²) in [5.74, 6) is 2.50. The maximum Gasteiger partial charge on any atom is 0.115 e. The Balaban J connectivity index is 2.31. The van der Waals surface area contributed by atoms with E-state index in [0.717, 1.165) is 17.1 Å². The highest BCUT2D eigenvalue weighted by molar-refractivity contribution is 7.98. The molecule has 1 unspecified atom stereocenters. The van der Waals surface area contributed by atoms with Crippen molar-refractivity contribution in [3.63, 3.8) is 0 Å². The van der Waals surface area contributed by atoms with Gasteiger partial charge in [-0.25, -0.2) is 0 Å². The first-order valence-corrected chi connectivity index (χ1v) is 5.84. The number of phenolic OH excluding ortho intramolecular Hbond substituents is 1. The number of hydrogen-bond acceptors (Lipinski definition) is 3. The molecular weight excluding hydrogens is 196 g/mol. The Morgan fingerprint density at radius 3 is 2.86 bits per heavy atom.